The molecule has 5 atom stereocenters. The zero-order chi connectivity index (χ0) is 17.8. The highest BCUT2D eigenvalue weighted by atomic mass is 16.6. The van der Waals surface area contributed by atoms with Crippen molar-refractivity contribution in [2.24, 2.45) is 23.7 Å². The summed E-state index contributed by atoms with van der Waals surface area (Å²) in [6.07, 6.45) is 1.95. The highest BCUT2D eigenvalue weighted by molar-refractivity contribution is 5.88. The van der Waals surface area contributed by atoms with E-state index in [0.717, 1.165) is 37.4 Å². The molecule has 2 saturated heterocycles. The number of fused-ring (bicyclic) bond motifs is 1. The van der Waals surface area contributed by atoms with Crippen molar-refractivity contribution in [1.82, 2.24) is 4.90 Å². The number of ether oxygens (including phenoxy) is 2. The predicted molar refractivity (Wildman–Crippen MR) is 94.9 cm³/mol. The maximum Gasteiger partial charge on any atom is 0.310 e. The number of para-hydroxylation sites is 2. The quantitative estimate of drug-likeness (QED) is 0.769. The van der Waals surface area contributed by atoms with Crippen molar-refractivity contribution in [3.8, 4) is 5.75 Å². The summed E-state index contributed by atoms with van der Waals surface area (Å²) < 4.78 is 10.9. The normalized spacial score (nSPS) is 35.0. The molecule has 5 rings (SSSR count). The molecule has 1 aromatic rings. The highest BCUT2D eigenvalue weighted by Gasteiger charge is 2.64. The minimum absolute atomic E-state index is 0.0870. The molecule has 2 saturated carbocycles. The van der Waals surface area contributed by atoms with Crippen molar-refractivity contribution in [2.45, 2.75) is 18.9 Å². The van der Waals surface area contributed by atoms with Gasteiger partial charge >= 0.3 is 5.97 Å². The first-order chi connectivity index (χ1) is 12.7. The van der Waals surface area contributed by atoms with Gasteiger partial charge in [-0.1, -0.05) is 12.1 Å². The van der Waals surface area contributed by atoms with E-state index in [2.05, 4.69) is 11.0 Å². The molecule has 2 heterocycles. The molecule has 26 heavy (non-hydrogen) atoms. The first-order valence-electron chi connectivity index (χ1n) is 9.54. The van der Waals surface area contributed by atoms with Crippen LogP contribution in [0, 0.1) is 23.7 Å². The third-order valence-electron chi connectivity index (χ3n) is 6.79. The molecule has 0 N–H and O–H groups in total. The lowest BCUT2D eigenvalue weighted by Crippen LogP contribution is -2.52. The predicted octanol–water partition coefficient (Wildman–Crippen LogP) is 1.54. The van der Waals surface area contributed by atoms with Crippen LogP contribution < -0.4 is 9.64 Å². The third kappa shape index (κ3) is 2.24. The zero-order valence-electron chi connectivity index (χ0n) is 15.0. The van der Waals surface area contributed by atoms with Gasteiger partial charge in [-0.25, -0.2) is 0 Å². The fourth-order valence-corrected chi connectivity index (χ4v) is 5.61. The van der Waals surface area contributed by atoms with Crippen LogP contribution in [0.5, 0.6) is 5.75 Å². The minimum atomic E-state index is -0.182. The van der Waals surface area contributed by atoms with Gasteiger partial charge in [0.25, 0.3) is 0 Å². The zero-order valence-corrected chi connectivity index (χ0v) is 15.0. The number of nitrogens with zero attached hydrogens (tertiary/aromatic N) is 2. The van der Waals surface area contributed by atoms with Crippen molar-refractivity contribution < 1.29 is 19.1 Å². The van der Waals surface area contributed by atoms with Gasteiger partial charge in [0.15, 0.2) is 0 Å². The van der Waals surface area contributed by atoms with Gasteiger partial charge < -0.3 is 19.3 Å². The molecule has 138 valence electrons. The fraction of sp³-hybridized carbons (Fsp3) is 0.600. The first kappa shape index (κ1) is 16.0. The van der Waals surface area contributed by atoms with Crippen molar-refractivity contribution >= 4 is 17.6 Å². The van der Waals surface area contributed by atoms with Crippen molar-refractivity contribution in [3.63, 3.8) is 0 Å². The van der Waals surface area contributed by atoms with E-state index in [-0.39, 0.29) is 35.7 Å². The van der Waals surface area contributed by atoms with Crippen LogP contribution in [0.4, 0.5) is 5.69 Å². The Bertz CT molecular complexity index is 741. The van der Waals surface area contributed by atoms with E-state index in [1.165, 1.54) is 0 Å². The van der Waals surface area contributed by atoms with E-state index < -0.39 is 0 Å². The summed E-state index contributed by atoms with van der Waals surface area (Å²) in [5, 5.41) is 0. The third-order valence-corrected chi connectivity index (χ3v) is 6.79. The Morgan fingerprint density at radius 2 is 1.92 bits per heavy atom. The van der Waals surface area contributed by atoms with Crippen LogP contribution >= 0.6 is 0 Å². The standard InChI is InChI=1S/C20H24N2O4/c1-25-15-5-3-2-4-14(15)21-6-8-22(9-7-21)19(23)17-12-10-13-16(11-12)26-20(24)18(13)17/h2-5,12-13,16-18H,6-11H2,1H3/t12-,13+,16-,17+,18-/m1/s1. The number of rotatable bonds is 3. The molecular weight excluding hydrogens is 332 g/mol. The Morgan fingerprint density at radius 1 is 1.15 bits per heavy atom. The summed E-state index contributed by atoms with van der Waals surface area (Å²) in [5.74, 6) is 1.19. The molecule has 2 aliphatic heterocycles. The molecule has 2 bridgehead atoms. The van der Waals surface area contributed by atoms with Gasteiger partial charge in [0.2, 0.25) is 5.91 Å². The number of hydrogen-bond acceptors (Lipinski definition) is 5. The number of carbonyl (C=O) groups excluding carboxylic acids is 2. The Balaban J connectivity index is 1.27. The fourth-order valence-electron chi connectivity index (χ4n) is 5.61. The summed E-state index contributed by atoms with van der Waals surface area (Å²) in [5.41, 5.74) is 1.07. The van der Waals surface area contributed by atoms with Crippen molar-refractivity contribution in [1.29, 1.82) is 0 Å². The smallest absolute Gasteiger partial charge is 0.310 e. The molecular formula is C20H24N2O4. The SMILES string of the molecule is COc1ccccc1N1CCN(C(=O)[C@H]2[C@@H]3C[C@@H]4[C@H]2C(=O)O[C@@H]4C3)CC1. The summed E-state index contributed by atoms with van der Waals surface area (Å²) in [4.78, 5) is 29.6. The number of esters is 1. The maximum absolute atomic E-state index is 13.2. The summed E-state index contributed by atoms with van der Waals surface area (Å²) >= 11 is 0. The first-order valence-corrected chi connectivity index (χ1v) is 9.54. The van der Waals surface area contributed by atoms with Crippen molar-refractivity contribution in [3.05, 3.63) is 24.3 Å². The van der Waals surface area contributed by atoms with Crippen molar-refractivity contribution in [2.75, 3.05) is 38.2 Å². The second kappa shape index (κ2) is 5.89. The van der Waals surface area contributed by atoms with E-state index in [1.54, 1.807) is 7.11 Å². The van der Waals surface area contributed by atoms with Crippen LogP contribution in [0.3, 0.4) is 0 Å². The second-order valence-corrected chi connectivity index (χ2v) is 7.91. The van der Waals surface area contributed by atoms with E-state index in [9.17, 15) is 9.59 Å². The summed E-state index contributed by atoms with van der Waals surface area (Å²) in [6, 6.07) is 7.99. The lowest BCUT2D eigenvalue weighted by atomic mass is 9.79. The number of amides is 1. The second-order valence-electron chi connectivity index (χ2n) is 7.91. The van der Waals surface area contributed by atoms with Gasteiger partial charge in [0.1, 0.15) is 11.9 Å². The van der Waals surface area contributed by atoms with Crippen LogP contribution in [0.25, 0.3) is 0 Å². The van der Waals surface area contributed by atoms with E-state index in [0.29, 0.717) is 19.0 Å². The molecule has 1 aromatic carbocycles. The summed E-state index contributed by atoms with van der Waals surface area (Å²) in [7, 11) is 1.68. The summed E-state index contributed by atoms with van der Waals surface area (Å²) in [6.45, 7) is 2.95. The highest BCUT2D eigenvalue weighted by Crippen LogP contribution is 2.58. The van der Waals surface area contributed by atoms with Gasteiger partial charge in [-0.05, 0) is 30.9 Å². The van der Waals surface area contributed by atoms with Crippen LogP contribution in [0.2, 0.25) is 0 Å². The van der Waals surface area contributed by atoms with Gasteiger partial charge in [-0.3, -0.25) is 9.59 Å². The Hall–Kier alpha value is -2.24. The molecule has 0 unspecified atom stereocenters. The lowest BCUT2D eigenvalue weighted by Gasteiger charge is -2.39. The molecule has 0 spiro atoms. The van der Waals surface area contributed by atoms with E-state index in [1.807, 2.05) is 23.1 Å². The molecule has 6 heteroatoms. The average molecular weight is 356 g/mol. The van der Waals surface area contributed by atoms with Gasteiger partial charge in [0.05, 0.1) is 24.6 Å². The minimum Gasteiger partial charge on any atom is -0.495 e. The number of benzene rings is 1. The van der Waals surface area contributed by atoms with Crippen LogP contribution in [-0.4, -0.2) is 56.2 Å². The lowest BCUT2D eigenvalue weighted by molar-refractivity contribution is -0.148. The monoisotopic (exact) mass is 356 g/mol. The molecule has 2 aliphatic carbocycles. The molecule has 6 nitrogen and oxygen atoms in total. The largest absolute Gasteiger partial charge is 0.495 e. The van der Waals surface area contributed by atoms with Crippen LogP contribution in [0.15, 0.2) is 24.3 Å². The molecule has 0 radical (unpaired) electrons. The topological polar surface area (TPSA) is 59.1 Å². The number of hydrogen-bond donors (Lipinski definition) is 0. The Morgan fingerprint density at radius 3 is 2.69 bits per heavy atom. The number of piperazine rings is 1. The van der Waals surface area contributed by atoms with Crippen LogP contribution in [0.1, 0.15) is 12.8 Å². The Labute approximate surface area is 153 Å². The number of carbonyl (C=O) groups is 2. The van der Waals surface area contributed by atoms with Gasteiger partial charge in [-0.2, -0.15) is 0 Å². The van der Waals surface area contributed by atoms with Gasteiger partial charge in [-0.15, -0.1) is 0 Å². The average Bonchev–Trinajstić information content (AvgIpc) is 3.30. The molecule has 0 aromatic heterocycles. The number of anilines is 1. The molecule has 4 aliphatic rings. The Kier molecular flexibility index (Phi) is 3.62. The van der Waals surface area contributed by atoms with Crippen LogP contribution in [-0.2, 0) is 14.3 Å². The van der Waals surface area contributed by atoms with Gasteiger partial charge in [0, 0.05) is 32.1 Å². The molecule has 1 amide bonds. The number of methoxy groups -OCH3 is 1. The molecule has 4 fully saturated rings. The maximum atomic E-state index is 13.2. The van der Waals surface area contributed by atoms with E-state index >= 15 is 0 Å². The van der Waals surface area contributed by atoms with E-state index in [4.69, 9.17) is 9.47 Å².